The van der Waals surface area contributed by atoms with Crippen LogP contribution in [0, 0.1) is 0 Å². The molecule has 1 aliphatic rings. The fraction of sp³-hybridized carbons (Fsp3) is 0.818. The van der Waals surface area contributed by atoms with Gasteiger partial charge in [-0.2, -0.15) is 0 Å². The van der Waals surface area contributed by atoms with E-state index in [9.17, 15) is 9.59 Å². The van der Waals surface area contributed by atoms with Gasteiger partial charge in [0.05, 0.1) is 25.2 Å². The summed E-state index contributed by atoms with van der Waals surface area (Å²) >= 11 is 0. The molecular weight excluding hydrogens is 224 g/mol. The Morgan fingerprint density at radius 1 is 1.47 bits per heavy atom. The smallest absolute Gasteiger partial charge is 0.305 e. The van der Waals surface area contributed by atoms with Gasteiger partial charge >= 0.3 is 5.97 Å². The van der Waals surface area contributed by atoms with Crippen LogP contribution < -0.4 is 5.73 Å². The molecule has 0 aromatic rings. The fourth-order valence-electron chi connectivity index (χ4n) is 1.84. The minimum Gasteiger partial charge on any atom is -0.481 e. The van der Waals surface area contributed by atoms with Crippen LogP contribution in [0.1, 0.15) is 26.2 Å². The number of nitrogens with two attached hydrogens (primary N) is 1. The van der Waals surface area contributed by atoms with Gasteiger partial charge in [0.15, 0.2) is 0 Å². The first-order valence-electron chi connectivity index (χ1n) is 5.88. The van der Waals surface area contributed by atoms with Crippen LogP contribution in [0.25, 0.3) is 0 Å². The maximum absolute atomic E-state index is 11.6. The van der Waals surface area contributed by atoms with Crippen molar-refractivity contribution in [2.75, 3.05) is 19.7 Å². The van der Waals surface area contributed by atoms with Crippen molar-refractivity contribution in [3.05, 3.63) is 0 Å². The van der Waals surface area contributed by atoms with Crippen LogP contribution in [-0.2, 0) is 14.3 Å². The lowest BCUT2D eigenvalue weighted by atomic mass is 10.1. The van der Waals surface area contributed by atoms with Gasteiger partial charge < -0.3 is 20.5 Å². The highest BCUT2D eigenvalue weighted by molar-refractivity contribution is 5.81. The number of carbonyl (C=O) groups is 2. The molecule has 1 aliphatic heterocycles. The molecule has 0 radical (unpaired) electrons. The van der Waals surface area contributed by atoms with E-state index >= 15 is 0 Å². The van der Waals surface area contributed by atoms with Gasteiger partial charge in [-0.05, 0) is 19.8 Å². The van der Waals surface area contributed by atoms with Crippen molar-refractivity contribution in [3.63, 3.8) is 0 Å². The van der Waals surface area contributed by atoms with E-state index < -0.39 is 12.0 Å². The second-order valence-corrected chi connectivity index (χ2v) is 4.33. The summed E-state index contributed by atoms with van der Waals surface area (Å²) in [4.78, 5) is 23.6. The topological polar surface area (TPSA) is 92.9 Å². The lowest BCUT2D eigenvalue weighted by molar-refractivity contribution is -0.139. The van der Waals surface area contributed by atoms with Crippen LogP contribution >= 0.6 is 0 Å². The van der Waals surface area contributed by atoms with Crippen LogP contribution in [0.3, 0.4) is 0 Å². The van der Waals surface area contributed by atoms with Crippen molar-refractivity contribution in [3.8, 4) is 0 Å². The van der Waals surface area contributed by atoms with Crippen molar-refractivity contribution in [1.29, 1.82) is 0 Å². The number of carboxylic acid groups (broad SMARTS) is 1. The molecule has 6 heteroatoms. The molecule has 0 aromatic heterocycles. The zero-order valence-corrected chi connectivity index (χ0v) is 10.1. The molecule has 0 bridgehead atoms. The molecular formula is C11H20N2O4. The van der Waals surface area contributed by atoms with Crippen LogP contribution in [0.4, 0.5) is 0 Å². The zero-order chi connectivity index (χ0) is 12.8. The van der Waals surface area contributed by atoms with E-state index in [4.69, 9.17) is 15.6 Å². The van der Waals surface area contributed by atoms with Gasteiger partial charge in [0.25, 0.3) is 0 Å². The first kappa shape index (κ1) is 13.9. The molecule has 1 rings (SSSR count). The van der Waals surface area contributed by atoms with Gasteiger partial charge in [-0.15, -0.1) is 0 Å². The molecule has 1 amide bonds. The van der Waals surface area contributed by atoms with E-state index in [-0.39, 0.29) is 25.0 Å². The van der Waals surface area contributed by atoms with Gasteiger partial charge in [0, 0.05) is 13.1 Å². The molecule has 1 heterocycles. The Labute approximate surface area is 101 Å². The molecule has 1 atom stereocenters. The van der Waals surface area contributed by atoms with Gasteiger partial charge in [-0.3, -0.25) is 9.59 Å². The van der Waals surface area contributed by atoms with Crippen molar-refractivity contribution in [1.82, 2.24) is 4.90 Å². The van der Waals surface area contributed by atoms with Gasteiger partial charge in [-0.1, -0.05) is 0 Å². The average molecular weight is 244 g/mol. The molecule has 17 heavy (non-hydrogen) atoms. The molecule has 3 N–H and O–H groups in total. The predicted molar refractivity (Wildman–Crippen MR) is 61.5 cm³/mol. The van der Waals surface area contributed by atoms with Gasteiger partial charge in [0.2, 0.25) is 5.91 Å². The second kappa shape index (κ2) is 6.56. The number of carbonyl (C=O) groups excluding carboxylic acids is 1. The lowest BCUT2D eigenvalue weighted by Gasteiger charge is -2.32. The molecule has 0 saturated carbocycles. The van der Waals surface area contributed by atoms with E-state index in [1.807, 2.05) is 0 Å². The number of piperidine rings is 1. The van der Waals surface area contributed by atoms with Crippen molar-refractivity contribution >= 4 is 11.9 Å². The lowest BCUT2D eigenvalue weighted by Crippen LogP contribution is -2.47. The maximum Gasteiger partial charge on any atom is 0.305 e. The number of aliphatic carboxylic acids is 1. The summed E-state index contributed by atoms with van der Waals surface area (Å²) in [5.41, 5.74) is 5.53. The number of likely N-dealkylation sites (tertiary alicyclic amines) is 1. The zero-order valence-electron chi connectivity index (χ0n) is 10.1. The Morgan fingerprint density at radius 3 is 2.53 bits per heavy atom. The number of hydrogen-bond acceptors (Lipinski definition) is 4. The minimum atomic E-state index is -0.852. The first-order valence-corrected chi connectivity index (χ1v) is 5.88. The number of ether oxygens (including phenoxy) is 1. The number of rotatable bonds is 5. The average Bonchev–Trinajstić information content (AvgIpc) is 2.28. The Balaban J connectivity index is 2.21. The van der Waals surface area contributed by atoms with Gasteiger partial charge in [-0.25, -0.2) is 0 Å². The first-order chi connectivity index (χ1) is 8.00. The van der Waals surface area contributed by atoms with Crippen molar-refractivity contribution in [2.24, 2.45) is 5.73 Å². The monoisotopic (exact) mass is 244 g/mol. The molecule has 0 aromatic carbocycles. The van der Waals surface area contributed by atoms with Crippen molar-refractivity contribution in [2.45, 2.75) is 38.3 Å². The third-order valence-corrected chi connectivity index (χ3v) is 2.81. The molecule has 6 nitrogen and oxygen atoms in total. The fourth-order valence-corrected chi connectivity index (χ4v) is 1.84. The Bertz CT molecular complexity index is 273. The summed E-state index contributed by atoms with van der Waals surface area (Å²) in [6, 6.07) is -0.459. The number of amides is 1. The Hall–Kier alpha value is -1.14. The Kier molecular flexibility index (Phi) is 5.37. The summed E-state index contributed by atoms with van der Waals surface area (Å²) in [5, 5.41) is 8.47. The predicted octanol–water partition coefficient (Wildman–Crippen LogP) is -0.184. The summed E-state index contributed by atoms with van der Waals surface area (Å²) in [5.74, 6) is -0.886. The van der Waals surface area contributed by atoms with Crippen LogP contribution in [0.2, 0.25) is 0 Å². The third-order valence-electron chi connectivity index (χ3n) is 2.81. The SMILES string of the molecule is CC(N)C(=O)N1CCC(OCCC(=O)O)CC1. The molecule has 1 unspecified atom stereocenters. The molecule has 1 fully saturated rings. The van der Waals surface area contributed by atoms with E-state index in [1.54, 1.807) is 11.8 Å². The van der Waals surface area contributed by atoms with Crippen LogP contribution in [0.5, 0.6) is 0 Å². The summed E-state index contributed by atoms with van der Waals surface area (Å²) in [6.07, 6.45) is 1.58. The highest BCUT2D eigenvalue weighted by atomic mass is 16.5. The second-order valence-electron chi connectivity index (χ2n) is 4.33. The number of carboxylic acids is 1. The standard InChI is InChI=1S/C11H20N2O4/c1-8(12)11(16)13-5-2-9(3-6-13)17-7-4-10(14)15/h8-9H,2-7,12H2,1H3,(H,14,15). The summed E-state index contributed by atoms with van der Waals surface area (Å²) in [7, 11) is 0. The van der Waals surface area contributed by atoms with Crippen molar-refractivity contribution < 1.29 is 19.4 Å². The molecule has 98 valence electrons. The molecule has 0 aliphatic carbocycles. The summed E-state index contributed by atoms with van der Waals surface area (Å²) < 4.78 is 5.43. The number of nitrogens with zero attached hydrogens (tertiary/aromatic N) is 1. The molecule has 1 saturated heterocycles. The summed E-state index contributed by atoms with van der Waals surface area (Å²) in [6.45, 7) is 3.19. The maximum atomic E-state index is 11.6. The van der Waals surface area contributed by atoms with E-state index in [1.165, 1.54) is 0 Å². The quantitative estimate of drug-likeness (QED) is 0.699. The van der Waals surface area contributed by atoms with Crippen LogP contribution in [0.15, 0.2) is 0 Å². The van der Waals surface area contributed by atoms with E-state index in [2.05, 4.69) is 0 Å². The van der Waals surface area contributed by atoms with E-state index in [0.29, 0.717) is 13.1 Å². The number of hydrogen-bond donors (Lipinski definition) is 2. The molecule has 0 spiro atoms. The highest BCUT2D eigenvalue weighted by Crippen LogP contribution is 2.14. The Morgan fingerprint density at radius 2 is 2.06 bits per heavy atom. The highest BCUT2D eigenvalue weighted by Gasteiger charge is 2.24. The minimum absolute atomic E-state index is 0.0268. The van der Waals surface area contributed by atoms with Crippen LogP contribution in [-0.4, -0.2) is 53.7 Å². The van der Waals surface area contributed by atoms with Gasteiger partial charge in [0.1, 0.15) is 0 Å². The third kappa shape index (κ3) is 4.70. The largest absolute Gasteiger partial charge is 0.481 e. The normalized spacial score (nSPS) is 19.1. The van der Waals surface area contributed by atoms with E-state index in [0.717, 1.165) is 12.8 Å².